The zero-order valence-corrected chi connectivity index (χ0v) is 9.20. The smallest absolute Gasteiger partial charge is 0.208 e. The van der Waals surface area contributed by atoms with Crippen LogP contribution < -0.4 is 0 Å². The van der Waals surface area contributed by atoms with Crippen LogP contribution in [0.2, 0.25) is 0 Å². The lowest BCUT2D eigenvalue weighted by molar-refractivity contribution is 0.167. The molecule has 4 nitrogen and oxygen atoms in total. The number of nitrogens with one attached hydrogen (secondary N) is 1. The van der Waals surface area contributed by atoms with Crippen molar-refractivity contribution in [2.75, 3.05) is 24.7 Å². The number of hydrogen-bond acceptors (Lipinski definition) is 5. The third-order valence-electron chi connectivity index (χ3n) is 1.27. The van der Waals surface area contributed by atoms with Gasteiger partial charge in [0.05, 0.1) is 13.2 Å². The Bertz CT molecular complexity index is 241. The molecule has 0 unspecified atom stereocenters. The average Bonchev–Trinajstić information content (AvgIpc) is 2.51. The monoisotopic (exact) mass is 219 g/mol. The summed E-state index contributed by atoms with van der Waals surface area (Å²) in [6.45, 7) is 3.31. The first-order valence-electron chi connectivity index (χ1n) is 4.03. The summed E-state index contributed by atoms with van der Waals surface area (Å²) in [6.07, 6.45) is 0. The molecule has 1 aromatic heterocycles. The average molecular weight is 219 g/mol. The van der Waals surface area contributed by atoms with Gasteiger partial charge in [-0.05, 0) is 6.92 Å². The standard InChI is InChI=1S/C7H13N3OS2/c1-6-8-7(10-9-6)13-5-3-11-2-4-12/h12H,2-5H2,1H3,(H,8,9,10). The van der Waals surface area contributed by atoms with E-state index in [1.54, 1.807) is 11.8 Å². The van der Waals surface area contributed by atoms with Gasteiger partial charge in [-0.15, -0.1) is 5.10 Å². The summed E-state index contributed by atoms with van der Waals surface area (Å²) in [5, 5.41) is 7.56. The molecule has 0 fully saturated rings. The minimum Gasteiger partial charge on any atom is -0.380 e. The summed E-state index contributed by atoms with van der Waals surface area (Å²) in [5.41, 5.74) is 0. The van der Waals surface area contributed by atoms with Crippen LogP contribution in [0.15, 0.2) is 5.16 Å². The number of H-pyrrole nitrogens is 1. The number of nitrogens with zero attached hydrogens (tertiary/aromatic N) is 2. The molecule has 13 heavy (non-hydrogen) atoms. The van der Waals surface area contributed by atoms with Gasteiger partial charge in [-0.1, -0.05) is 11.8 Å². The van der Waals surface area contributed by atoms with Gasteiger partial charge in [0, 0.05) is 11.5 Å². The number of hydrogen-bond donors (Lipinski definition) is 2. The zero-order chi connectivity index (χ0) is 9.52. The van der Waals surface area contributed by atoms with E-state index in [0.29, 0.717) is 6.61 Å². The van der Waals surface area contributed by atoms with Crippen molar-refractivity contribution < 1.29 is 4.74 Å². The van der Waals surface area contributed by atoms with Gasteiger partial charge in [-0.2, -0.15) is 12.6 Å². The highest BCUT2D eigenvalue weighted by Gasteiger charge is 1.99. The molecule has 0 aliphatic rings. The summed E-state index contributed by atoms with van der Waals surface area (Å²) in [7, 11) is 0. The van der Waals surface area contributed by atoms with Crippen molar-refractivity contribution in [2.45, 2.75) is 12.1 Å². The third kappa shape index (κ3) is 4.54. The van der Waals surface area contributed by atoms with Gasteiger partial charge in [-0.3, -0.25) is 5.10 Å². The first-order chi connectivity index (χ1) is 6.33. The molecule has 0 spiro atoms. The first-order valence-corrected chi connectivity index (χ1v) is 5.65. The lowest BCUT2D eigenvalue weighted by Gasteiger charge is -1.98. The molecule has 0 bridgehead atoms. The minimum absolute atomic E-state index is 0.705. The van der Waals surface area contributed by atoms with Gasteiger partial charge in [0.1, 0.15) is 5.82 Å². The van der Waals surface area contributed by atoms with Gasteiger partial charge in [0.25, 0.3) is 0 Å². The predicted molar refractivity (Wildman–Crippen MR) is 56.5 cm³/mol. The normalized spacial score (nSPS) is 10.6. The molecule has 1 N–H and O–H groups in total. The van der Waals surface area contributed by atoms with Crippen molar-refractivity contribution in [1.82, 2.24) is 15.2 Å². The number of thiol groups is 1. The van der Waals surface area contributed by atoms with Crippen molar-refractivity contribution in [1.29, 1.82) is 0 Å². The molecule has 0 aliphatic carbocycles. The lowest BCUT2D eigenvalue weighted by Crippen LogP contribution is -2.00. The SMILES string of the molecule is Cc1nc(SCCOCCS)n[nH]1. The highest BCUT2D eigenvalue weighted by atomic mass is 32.2. The Morgan fingerprint density at radius 2 is 2.38 bits per heavy atom. The van der Waals surface area contributed by atoms with Crippen LogP contribution in [-0.4, -0.2) is 39.9 Å². The van der Waals surface area contributed by atoms with Crippen LogP contribution in [-0.2, 0) is 4.74 Å². The summed E-state index contributed by atoms with van der Waals surface area (Å²) in [6, 6.07) is 0. The van der Waals surface area contributed by atoms with Crippen molar-refractivity contribution in [3.8, 4) is 0 Å². The van der Waals surface area contributed by atoms with Crippen molar-refractivity contribution in [3.63, 3.8) is 0 Å². The summed E-state index contributed by atoms with van der Waals surface area (Å²) >= 11 is 5.62. The Balaban J connectivity index is 2.06. The number of ether oxygens (including phenoxy) is 1. The van der Waals surface area contributed by atoms with E-state index >= 15 is 0 Å². The Hall–Kier alpha value is -0.200. The predicted octanol–water partition coefficient (Wildman–Crippen LogP) is 1.15. The van der Waals surface area contributed by atoms with E-state index in [1.807, 2.05) is 6.92 Å². The molecule has 0 saturated heterocycles. The second kappa shape index (κ2) is 6.28. The van der Waals surface area contributed by atoms with Crippen molar-refractivity contribution in [3.05, 3.63) is 5.82 Å². The summed E-state index contributed by atoms with van der Waals surface area (Å²) in [4.78, 5) is 4.15. The molecule has 1 aromatic rings. The quantitative estimate of drug-likeness (QED) is 0.428. The Morgan fingerprint density at radius 3 is 3.00 bits per heavy atom. The maximum absolute atomic E-state index is 5.25. The molecule has 0 aromatic carbocycles. The summed E-state index contributed by atoms with van der Waals surface area (Å²) in [5.74, 6) is 2.49. The Morgan fingerprint density at radius 1 is 1.54 bits per heavy atom. The fourth-order valence-corrected chi connectivity index (χ4v) is 1.57. The number of thioether (sulfide) groups is 1. The molecule has 0 aliphatic heterocycles. The molecule has 1 rings (SSSR count). The highest BCUT2D eigenvalue weighted by molar-refractivity contribution is 7.99. The molecule has 6 heteroatoms. The fraction of sp³-hybridized carbons (Fsp3) is 0.714. The molecular formula is C7H13N3OS2. The van der Waals surface area contributed by atoms with Crippen LogP contribution >= 0.6 is 24.4 Å². The molecule has 0 atom stereocenters. The number of aromatic amines is 1. The van der Waals surface area contributed by atoms with Gasteiger partial charge in [-0.25, -0.2) is 4.98 Å². The van der Waals surface area contributed by atoms with E-state index in [0.717, 1.165) is 29.1 Å². The van der Waals surface area contributed by atoms with Gasteiger partial charge in [0.15, 0.2) is 0 Å². The maximum Gasteiger partial charge on any atom is 0.208 e. The molecular weight excluding hydrogens is 206 g/mol. The van der Waals surface area contributed by atoms with Gasteiger partial charge in [0.2, 0.25) is 5.16 Å². The van der Waals surface area contributed by atoms with Gasteiger partial charge < -0.3 is 4.74 Å². The van der Waals surface area contributed by atoms with Crippen LogP contribution in [0.4, 0.5) is 0 Å². The van der Waals surface area contributed by atoms with E-state index in [-0.39, 0.29) is 0 Å². The second-order valence-electron chi connectivity index (χ2n) is 2.39. The van der Waals surface area contributed by atoms with E-state index in [4.69, 9.17) is 4.74 Å². The topological polar surface area (TPSA) is 50.8 Å². The first kappa shape index (κ1) is 10.9. The van der Waals surface area contributed by atoms with Crippen LogP contribution in [0, 0.1) is 6.92 Å². The van der Waals surface area contributed by atoms with Crippen LogP contribution in [0.3, 0.4) is 0 Å². The van der Waals surface area contributed by atoms with Crippen molar-refractivity contribution in [2.24, 2.45) is 0 Å². The zero-order valence-electron chi connectivity index (χ0n) is 7.49. The number of rotatable bonds is 6. The van der Waals surface area contributed by atoms with Crippen LogP contribution in [0.25, 0.3) is 0 Å². The molecule has 0 radical (unpaired) electrons. The molecule has 1 heterocycles. The second-order valence-corrected chi connectivity index (χ2v) is 3.90. The van der Waals surface area contributed by atoms with E-state index in [9.17, 15) is 0 Å². The maximum atomic E-state index is 5.25. The van der Waals surface area contributed by atoms with Crippen molar-refractivity contribution >= 4 is 24.4 Å². The largest absolute Gasteiger partial charge is 0.380 e. The fourth-order valence-electron chi connectivity index (χ4n) is 0.745. The van der Waals surface area contributed by atoms with E-state index < -0.39 is 0 Å². The third-order valence-corrected chi connectivity index (χ3v) is 2.27. The van der Waals surface area contributed by atoms with E-state index in [1.165, 1.54) is 0 Å². The lowest BCUT2D eigenvalue weighted by atomic mass is 10.8. The van der Waals surface area contributed by atoms with Crippen LogP contribution in [0.5, 0.6) is 0 Å². The Kier molecular flexibility index (Phi) is 5.26. The minimum atomic E-state index is 0.705. The Labute approximate surface area is 87.3 Å². The summed E-state index contributed by atoms with van der Waals surface area (Å²) < 4.78 is 5.25. The highest BCUT2D eigenvalue weighted by Crippen LogP contribution is 2.10. The molecule has 0 saturated carbocycles. The molecule has 74 valence electrons. The van der Waals surface area contributed by atoms with Gasteiger partial charge >= 0.3 is 0 Å². The van der Waals surface area contributed by atoms with E-state index in [2.05, 4.69) is 27.8 Å². The number of aromatic nitrogens is 3. The van der Waals surface area contributed by atoms with Crippen LogP contribution in [0.1, 0.15) is 5.82 Å². The molecule has 0 amide bonds. The number of aryl methyl sites for hydroxylation is 1.